The number of nitriles is 1. The molecule has 0 heterocycles. The van der Waals surface area contributed by atoms with Crippen LogP contribution < -0.4 is 5.32 Å². The monoisotopic (exact) mass is 260 g/mol. The fraction of sp³-hybridized carbons (Fsp3) is 0.467. The van der Waals surface area contributed by atoms with Gasteiger partial charge in [0.05, 0.1) is 17.2 Å². The second-order valence-corrected chi connectivity index (χ2v) is 4.97. The number of benzene rings is 1. The third-order valence-electron chi connectivity index (χ3n) is 3.53. The van der Waals surface area contributed by atoms with Crippen LogP contribution in [0.4, 0.5) is 4.39 Å². The lowest BCUT2D eigenvalue weighted by molar-refractivity contribution is 0.0929. The SMILES string of the molecule is N#Cc1ccc(C(=O)NC2CCCCCC2)c(F)c1. The van der Waals surface area contributed by atoms with Gasteiger partial charge in [0.25, 0.3) is 5.91 Å². The van der Waals surface area contributed by atoms with E-state index in [1.54, 1.807) is 0 Å². The van der Waals surface area contributed by atoms with Gasteiger partial charge in [-0.05, 0) is 31.0 Å². The Balaban J connectivity index is 2.05. The van der Waals surface area contributed by atoms with Gasteiger partial charge in [0.1, 0.15) is 5.82 Å². The molecule has 1 aliphatic carbocycles. The van der Waals surface area contributed by atoms with Crippen LogP contribution in [0.2, 0.25) is 0 Å². The van der Waals surface area contributed by atoms with E-state index >= 15 is 0 Å². The van der Waals surface area contributed by atoms with Crippen molar-refractivity contribution in [1.29, 1.82) is 5.26 Å². The van der Waals surface area contributed by atoms with Crippen LogP contribution in [0.25, 0.3) is 0 Å². The summed E-state index contributed by atoms with van der Waals surface area (Å²) in [5.41, 5.74) is 0.242. The molecule has 1 aromatic carbocycles. The van der Waals surface area contributed by atoms with Crippen LogP contribution in [0.5, 0.6) is 0 Å². The Labute approximate surface area is 112 Å². The maximum atomic E-state index is 13.7. The molecule has 0 saturated heterocycles. The van der Waals surface area contributed by atoms with Crippen molar-refractivity contribution in [3.05, 3.63) is 35.1 Å². The van der Waals surface area contributed by atoms with Crippen LogP contribution >= 0.6 is 0 Å². The van der Waals surface area contributed by atoms with Crippen LogP contribution in [0.3, 0.4) is 0 Å². The van der Waals surface area contributed by atoms with E-state index in [1.165, 1.54) is 25.0 Å². The van der Waals surface area contributed by atoms with Crippen LogP contribution in [0.1, 0.15) is 54.4 Å². The fourth-order valence-corrected chi connectivity index (χ4v) is 2.46. The first kappa shape index (κ1) is 13.5. The summed E-state index contributed by atoms with van der Waals surface area (Å²) >= 11 is 0. The zero-order chi connectivity index (χ0) is 13.7. The fourth-order valence-electron chi connectivity index (χ4n) is 2.46. The molecule has 4 heteroatoms. The topological polar surface area (TPSA) is 52.9 Å². The number of hydrogen-bond acceptors (Lipinski definition) is 2. The molecule has 1 fully saturated rings. The number of nitrogens with one attached hydrogen (secondary N) is 1. The number of nitrogens with zero attached hydrogens (tertiary/aromatic N) is 1. The molecule has 1 amide bonds. The number of amides is 1. The van der Waals surface area contributed by atoms with Gasteiger partial charge in [-0.2, -0.15) is 5.26 Å². The normalized spacial score (nSPS) is 16.4. The van der Waals surface area contributed by atoms with E-state index in [2.05, 4.69) is 5.32 Å². The van der Waals surface area contributed by atoms with Gasteiger partial charge < -0.3 is 5.32 Å². The molecule has 0 aliphatic heterocycles. The zero-order valence-electron chi connectivity index (χ0n) is 10.8. The molecule has 0 bridgehead atoms. The smallest absolute Gasteiger partial charge is 0.254 e. The first-order chi connectivity index (χ1) is 9.20. The third kappa shape index (κ3) is 3.54. The van der Waals surface area contributed by atoms with Gasteiger partial charge in [-0.15, -0.1) is 0 Å². The molecule has 0 unspecified atom stereocenters. The predicted octanol–water partition coefficient (Wildman–Crippen LogP) is 3.15. The van der Waals surface area contributed by atoms with Crippen LogP contribution in [0.15, 0.2) is 18.2 Å². The van der Waals surface area contributed by atoms with Crippen molar-refractivity contribution in [2.45, 2.75) is 44.6 Å². The highest BCUT2D eigenvalue weighted by atomic mass is 19.1. The maximum absolute atomic E-state index is 13.7. The van der Waals surface area contributed by atoms with E-state index < -0.39 is 5.82 Å². The van der Waals surface area contributed by atoms with Gasteiger partial charge in [0.15, 0.2) is 0 Å². The average molecular weight is 260 g/mol. The van der Waals surface area contributed by atoms with Gasteiger partial charge in [-0.25, -0.2) is 4.39 Å². The van der Waals surface area contributed by atoms with E-state index in [4.69, 9.17) is 5.26 Å². The summed E-state index contributed by atoms with van der Waals surface area (Å²) in [6.45, 7) is 0. The average Bonchev–Trinajstić information content (AvgIpc) is 2.67. The van der Waals surface area contributed by atoms with Gasteiger partial charge in [0.2, 0.25) is 0 Å². The van der Waals surface area contributed by atoms with E-state index in [-0.39, 0.29) is 23.1 Å². The van der Waals surface area contributed by atoms with Crippen LogP contribution in [0, 0.1) is 17.1 Å². The molecular formula is C15H17FN2O. The quantitative estimate of drug-likeness (QED) is 0.830. The first-order valence-electron chi connectivity index (χ1n) is 6.71. The zero-order valence-corrected chi connectivity index (χ0v) is 10.8. The minimum atomic E-state index is -0.634. The molecule has 0 spiro atoms. The lowest BCUT2D eigenvalue weighted by Gasteiger charge is -2.16. The number of rotatable bonds is 2. The molecule has 19 heavy (non-hydrogen) atoms. The van der Waals surface area contributed by atoms with Crippen molar-refractivity contribution in [2.24, 2.45) is 0 Å². The Kier molecular flexibility index (Phi) is 4.51. The van der Waals surface area contributed by atoms with E-state index in [0.717, 1.165) is 31.7 Å². The largest absolute Gasteiger partial charge is 0.349 e. The Hall–Kier alpha value is -1.89. The molecule has 3 nitrogen and oxygen atoms in total. The first-order valence-corrected chi connectivity index (χ1v) is 6.71. The van der Waals surface area contributed by atoms with Crippen molar-refractivity contribution in [3.8, 4) is 6.07 Å². The lowest BCUT2D eigenvalue weighted by atomic mass is 10.1. The summed E-state index contributed by atoms with van der Waals surface area (Å²) in [5, 5.41) is 11.6. The number of hydrogen-bond donors (Lipinski definition) is 1. The second-order valence-electron chi connectivity index (χ2n) is 4.97. The van der Waals surface area contributed by atoms with Crippen LogP contribution in [-0.2, 0) is 0 Å². The van der Waals surface area contributed by atoms with E-state index in [0.29, 0.717) is 0 Å². The molecular weight excluding hydrogens is 243 g/mol. The molecule has 100 valence electrons. The summed E-state index contributed by atoms with van der Waals surface area (Å²) in [6, 6.07) is 5.93. The highest BCUT2D eigenvalue weighted by Crippen LogP contribution is 2.18. The Morgan fingerprint density at radius 1 is 1.26 bits per heavy atom. The Morgan fingerprint density at radius 3 is 2.53 bits per heavy atom. The number of carbonyl (C=O) groups is 1. The van der Waals surface area contributed by atoms with Crippen molar-refractivity contribution in [2.75, 3.05) is 0 Å². The van der Waals surface area contributed by atoms with Crippen molar-refractivity contribution >= 4 is 5.91 Å². The summed E-state index contributed by atoms with van der Waals surface area (Å²) in [4.78, 5) is 12.0. The van der Waals surface area contributed by atoms with Crippen molar-refractivity contribution in [3.63, 3.8) is 0 Å². The number of carbonyl (C=O) groups excluding carboxylic acids is 1. The molecule has 2 rings (SSSR count). The molecule has 1 aromatic rings. The molecule has 0 radical (unpaired) electrons. The van der Waals surface area contributed by atoms with Crippen LogP contribution in [-0.4, -0.2) is 11.9 Å². The lowest BCUT2D eigenvalue weighted by Crippen LogP contribution is -2.34. The summed E-state index contributed by atoms with van der Waals surface area (Å²) in [7, 11) is 0. The van der Waals surface area contributed by atoms with Gasteiger partial charge >= 0.3 is 0 Å². The van der Waals surface area contributed by atoms with Gasteiger partial charge in [0, 0.05) is 6.04 Å². The van der Waals surface area contributed by atoms with Gasteiger partial charge in [-0.3, -0.25) is 4.79 Å². The predicted molar refractivity (Wildman–Crippen MR) is 70.1 cm³/mol. The standard InChI is InChI=1S/C15H17FN2O/c16-14-9-11(10-17)7-8-13(14)15(19)18-12-5-3-1-2-4-6-12/h7-9,12H,1-6H2,(H,18,19). The Morgan fingerprint density at radius 2 is 1.95 bits per heavy atom. The molecule has 1 aliphatic rings. The summed E-state index contributed by atoms with van der Waals surface area (Å²) < 4.78 is 13.7. The molecule has 1 N–H and O–H groups in total. The number of halogens is 1. The molecule has 0 aromatic heterocycles. The van der Waals surface area contributed by atoms with E-state index in [9.17, 15) is 9.18 Å². The third-order valence-corrected chi connectivity index (χ3v) is 3.53. The minimum Gasteiger partial charge on any atom is -0.349 e. The summed E-state index contributed by atoms with van der Waals surface area (Å²) in [5.74, 6) is -1.01. The minimum absolute atomic E-state index is 0.0169. The van der Waals surface area contributed by atoms with Gasteiger partial charge in [-0.1, -0.05) is 25.7 Å². The highest BCUT2D eigenvalue weighted by Gasteiger charge is 2.18. The Bertz CT molecular complexity index is 499. The van der Waals surface area contributed by atoms with Crippen molar-refractivity contribution < 1.29 is 9.18 Å². The maximum Gasteiger partial charge on any atom is 0.254 e. The van der Waals surface area contributed by atoms with Crippen molar-refractivity contribution in [1.82, 2.24) is 5.32 Å². The molecule has 1 saturated carbocycles. The summed E-state index contributed by atoms with van der Waals surface area (Å²) in [6.07, 6.45) is 6.56. The highest BCUT2D eigenvalue weighted by molar-refractivity contribution is 5.94. The molecule has 0 atom stereocenters. The second kappa shape index (κ2) is 6.33. The van der Waals surface area contributed by atoms with E-state index in [1.807, 2.05) is 6.07 Å².